The number of hydrogen-bond acceptors (Lipinski definition) is 6. The quantitative estimate of drug-likeness (QED) is 0.348. The van der Waals surface area contributed by atoms with Crippen molar-refractivity contribution in [2.45, 2.75) is 19.3 Å². The largest absolute Gasteiger partial charge is 0.322 e. The summed E-state index contributed by atoms with van der Waals surface area (Å²) >= 11 is 4.69. The first-order chi connectivity index (χ1) is 15.8. The Labute approximate surface area is 202 Å². The summed E-state index contributed by atoms with van der Waals surface area (Å²) in [6.45, 7) is 3.60. The maximum Gasteiger partial charge on any atom is 0.265 e. The highest BCUT2D eigenvalue weighted by Gasteiger charge is 2.21. The predicted molar refractivity (Wildman–Crippen MR) is 133 cm³/mol. The minimum absolute atomic E-state index is 0.296. The van der Waals surface area contributed by atoms with E-state index in [9.17, 15) is 14.9 Å². The third-order valence-electron chi connectivity index (χ3n) is 4.99. The zero-order chi connectivity index (χ0) is 23.6. The number of halogens is 1. The summed E-state index contributed by atoms with van der Waals surface area (Å²) in [5.74, 6) is -0.609. The SMILES string of the molecule is CC(C)(C#N)c1cccc(C(=O)Nc2ccc(Br)c(NC(=O)c3cc4nccnc4s3)c2)c1. The molecule has 4 rings (SSSR count). The second kappa shape index (κ2) is 9.10. The van der Waals surface area contributed by atoms with Crippen molar-refractivity contribution >= 4 is 60.8 Å². The summed E-state index contributed by atoms with van der Waals surface area (Å²) in [6, 6.07) is 16.1. The van der Waals surface area contributed by atoms with E-state index in [2.05, 4.69) is 42.6 Å². The van der Waals surface area contributed by atoms with Crippen molar-refractivity contribution < 1.29 is 9.59 Å². The average Bonchev–Trinajstić information content (AvgIpc) is 3.26. The van der Waals surface area contributed by atoms with Gasteiger partial charge in [-0.3, -0.25) is 14.6 Å². The summed E-state index contributed by atoms with van der Waals surface area (Å²) in [5.41, 5.74) is 2.18. The molecule has 0 unspecified atom stereocenters. The van der Waals surface area contributed by atoms with Crippen LogP contribution in [0, 0.1) is 11.3 Å². The molecule has 0 bridgehead atoms. The van der Waals surface area contributed by atoms with Crippen molar-refractivity contribution in [1.29, 1.82) is 5.26 Å². The van der Waals surface area contributed by atoms with E-state index in [1.165, 1.54) is 11.3 Å². The normalized spacial score (nSPS) is 11.1. The number of benzene rings is 2. The first-order valence-electron chi connectivity index (χ1n) is 9.91. The molecule has 2 aromatic carbocycles. The summed E-state index contributed by atoms with van der Waals surface area (Å²) in [4.78, 5) is 35.2. The second-order valence-corrected chi connectivity index (χ2v) is 9.66. The van der Waals surface area contributed by atoms with Crippen LogP contribution in [0.2, 0.25) is 0 Å². The smallest absolute Gasteiger partial charge is 0.265 e. The van der Waals surface area contributed by atoms with Crippen LogP contribution < -0.4 is 10.6 Å². The van der Waals surface area contributed by atoms with Gasteiger partial charge in [-0.15, -0.1) is 11.3 Å². The lowest BCUT2D eigenvalue weighted by Crippen LogP contribution is -2.17. The van der Waals surface area contributed by atoms with Gasteiger partial charge in [0.1, 0.15) is 10.3 Å². The molecule has 2 N–H and O–H groups in total. The number of nitrogens with zero attached hydrogens (tertiary/aromatic N) is 3. The van der Waals surface area contributed by atoms with E-state index in [-0.39, 0.29) is 11.8 Å². The Morgan fingerprint density at radius 3 is 2.58 bits per heavy atom. The Kier molecular flexibility index (Phi) is 6.22. The van der Waals surface area contributed by atoms with Crippen LogP contribution in [0.3, 0.4) is 0 Å². The molecular weight excluding hydrogens is 502 g/mol. The lowest BCUT2D eigenvalue weighted by Gasteiger charge is -2.16. The molecule has 0 saturated heterocycles. The number of aromatic nitrogens is 2. The third-order valence-corrected chi connectivity index (χ3v) is 6.71. The highest BCUT2D eigenvalue weighted by atomic mass is 79.9. The van der Waals surface area contributed by atoms with Gasteiger partial charge in [0.15, 0.2) is 0 Å². The van der Waals surface area contributed by atoms with Crippen molar-refractivity contribution in [2.75, 3.05) is 10.6 Å². The fourth-order valence-electron chi connectivity index (χ4n) is 3.08. The number of rotatable bonds is 5. The predicted octanol–water partition coefficient (Wildman–Crippen LogP) is 5.76. The number of carbonyl (C=O) groups is 2. The second-order valence-electron chi connectivity index (χ2n) is 7.78. The van der Waals surface area contributed by atoms with Crippen molar-refractivity contribution in [1.82, 2.24) is 9.97 Å². The van der Waals surface area contributed by atoms with Gasteiger partial charge in [-0.05, 0) is 71.7 Å². The van der Waals surface area contributed by atoms with E-state index in [4.69, 9.17) is 0 Å². The van der Waals surface area contributed by atoms with Gasteiger partial charge in [-0.2, -0.15) is 5.26 Å². The van der Waals surface area contributed by atoms with Gasteiger partial charge in [0.25, 0.3) is 11.8 Å². The van der Waals surface area contributed by atoms with Gasteiger partial charge in [0, 0.05) is 28.1 Å². The van der Waals surface area contributed by atoms with Gasteiger partial charge in [-0.1, -0.05) is 12.1 Å². The lowest BCUT2D eigenvalue weighted by molar-refractivity contribution is 0.102. The van der Waals surface area contributed by atoms with E-state index in [1.54, 1.807) is 68.7 Å². The zero-order valence-corrected chi connectivity index (χ0v) is 20.1. The number of nitrogens with one attached hydrogen (secondary N) is 2. The summed E-state index contributed by atoms with van der Waals surface area (Å²) < 4.78 is 0.670. The molecule has 2 amide bonds. The molecular formula is C24H18BrN5O2S. The molecule has 0 saturated carbocycles. The number of hydrogen-bond donors (Lipinski definition) is 2. The van der Waals surface area contributed by atoms with E-state index in [1.807, 2.05) is 6.07 Å². The molecule has 9 heteroatoms. The van der Waals surface area contributed by atoms with Crippen LogP contribution in [0.4, 0.5) is 11.4 Å². The van der Waals surface area contributed by atoms with Crippen LogP contribution in [0.5, 0.6) is 0 Å². The van der Waals surface area contributed by atoms with Crippen LogP contribution in [-0.4, -0.2) is 21.8 Å². The van der Waals surface area contributed by atoms with E-state index >= 15 is 0 Å². The molecule has 0 aliphatic carbocycles. The van der Waals surface area contributed by atoms with Gasteiger partial charge < -0.3 is 10.6 Å². The minimum atomic E-state index is -0.705. The highest BCUT2D eigenvalue weighted by molar-refractivity contribution is 9.10. The van der Waals surface area contributed by atoms with Crippen molar-refractivity contribution in [2.24, 2.45) is 0 Å². The first-order valence-corrected chi connectivity index (χ1v) is 11.5. The van der Waals surface area contributed by atoms with Crippen LogP contribution in [0.1, 0.15) is 39.4 Å². The Balaban J connectivity index is 1.53. The fraction of sp³-hybridized carbons (Fsp3) is 0.125. The maximum atomic E-state index is 12.8. The van der Waals surface area contributed by atoms with E-state index in [0.717, 1.165) is 5.56 Å². The summed E-state index contributed by atoms with van der Waals surface area (Å²) in [6.07, 6.45) is 3.16. The first kappa shape index (κ1) is 22.6. The van der Waals surface area contributed by atoms with Gasteiger partial charge >= 0.3 is 0 Å². The van der Waals surface area contributed by atoms with E-state index < -0.39 is 5.41 Å². The molecule has 0 spiro atoms. The molecule has 2 aromatic heterocycles. The highest BCUT2D eigenvalue weighted by Crippen LogP contribution is 2.29. The Morgan fingerprint density at radius 1 is 1.03 bits per heavy atom. The van der Waals surface area contributed by atoms with Gasteiger partial charge in [0.2, 0.25) is 0 Å². The van der Waals surface area contributed by atoms with Crippen LogP contribution in [0.15, 0.2) is 65.4 Å². The zero-order valence-electron chi connectivity index (χ0n) is 17.7. The molecule has 2 heterocycles. The number of amides is 2. The van der Waals surface area contributed by atoms with Crippen molar-refractivity contribution in [3.63, 3.8) is 0 Å². The minimum Gasteiger partial charge on any atom is -0.322 e. The molecule has 0 aliphatic heterocycles. The van der Waals surface area contributed by atoms with Crippen LogP contribution in [-0.2, 0) is 5.41 Å². The Hall–Kier alpha value is -3.61. The molecule has 33 heavy (non-hydrogen) atoms. The molecule has 4 aromatic rings. The van der Waals surface area contributed by atoms with Gasteiger partial charge in [-0.25, -0.2) is 4.98 Å². The van der Waals surface area contributed by atoms with Crippen LogP contribution in [0.25, 0.3) is 10.3 Å². The Morgan fingerprint density at radius 2 is 1.82 bits per heavy atom. The average molecular weight is 520 g/mol. The third kappa shape index (κ3) is 4.92. The van der Waals surface area contributed by atoms with E-state index in [0.29, 0.717) is 36.6 Å². The van der Waals surface area contributed by atoms with Gasteiger partial charge in [0.05, 0.1) is 22.0 Å². The number of nitriles is 1. The molecule has 164 valence electrons. The topological polar surface area (TPSA) is 108 Å². The monoisotopic (exact) mass is 519 g/mol. The molecule has 0 radical (unpaired) electrons. The summed E-state index contributed by atoms with van der Waals surface area (Å²) in [5, 5.41) is 15.1. The number of thiophene rings is 1. The maximum absolute atomic E-state index is 12.8. The number of carbonyl (C=O) groups excluding carboxylic acids is 2. The lowest BCUT2D eigenvalue weighted by atomic mass is 9.85. The standard InChI is InChI=1S/C24H18BrN5O2S/c1-24(2,13-26)15-5-3-4-14(10-15)21(31)29-16-6-7-17(25)18(11-16)30-22(32)20-12-19-23(33-20)28-9-8-27-19/h3-12H,1-2H3,(H,29,31)(H,30,32). The molecule has 0 fully saturated rings. The van der Waals surface area contributed by atoms with Crippen molar-refractivity contribution in [3.8, 4) is 6.07 Å². The summed E-state index contributed by atoms with van der Waals surface area (Å²) in [7, 11) is 0. The molecule has 0 atom stereocenters. The molecule has 7 nitrogen and oxygen atoms in total. The van der Waals surface area contributed by atoms with Crippen LogP contribution >= 0.6 is 27.3 Å². The number of anilines is 2. The van der Waals surface area contributed by atoms with Crippen molar-refractivity contribution in [3.05, 3.63) is 81.4 Å². The fourth-order valence-corrected chi connectivity index (χ4v) is 4.28. The number of fused-ring (bicyclic) bond motifs is 1. The molecule has 0 aliphatic rings. The Bertz CT molecular complexity index is 1390.